The first-order valence-electron chi connectivity index (χ1n) is 6.56. The van der Waals surface area contributed by atoms with Crippen LogP contribution in [0.3, 0.4) is 0 Å². The van der Waals surface area contributed by atoms with Crippen LogP contribution in [0, 0.1) is 0 Å². The third-order valence-corrected chi connectivity index (χ3v) is 3.89. The molecule has 0 heterocycles. The fourth-order valence-corrected chi connectivity index (χ4v) is 2.34. The van der Waals surface area contributed by atoms with E-state index in [0.29, 0.717) is 18.3 Å². The maximum Gasteiger partial charge on any atom is 0.238 e. The number of carbonyl (C=O) groups excluding carboxylic acids is 1. The van der Waals surface area contributed by atoms with Crippen molar-refractivity contribution in [1.29, 1.82) is 0 Å². The number of nitrogen functional groups attached to an aromatic ring is 1. The topological polar surface area (TPSA) is 58.4 Å². The van der Waals surface area contributed by atoms with Crippen molar-refractivity contribution in [2.24, 2.45) is 0 Å². The van der Waals surface area contributed by atoms with Gasteiger partial charge in [-0.25, -0.2) is 0 Å². The van der Waals surface area contributed by atoms with Gasteiger partial charge in [0.05, 0.1) is 12.2 Å². The highest BCUT2D eigenvalue weighted by atomic mass is 79.9. The van der Waals surface area contributed by atoms with Gasteiger partial charge in [0.25, 0.3) is 0 Å². The van der Waals surface area contributed by atoms with Crippen LogP contribution in [0.2, 0.25) is 0 Å². The second-order valence-electron chi connectivity index (χ2n) is 4.61. The zero-order valence-corrected chi connectivity index (χ0v) is 13.3. The molecular weight excluding hydrogens is 306 g/mol. The van der Waals surface area contributed by atoms with Crippen LogP contribution in [0.4, 0.5) is 11.4 Å². The predicted octanol–water partition coefficient (Wildman–Crippen LogP) is 3.09. The van der Waals surface area contributed by atoms with E-state index in [2.05, 4.69) is 46.9 Å². The van der Waals surface area contributed by atoms with Crippen molar-refractivity contribution in [3.05, 3.63) is 22.7 Å². The molecule has 0 spiro atoms. The summed E-state index contributed by atoms with van der Waals surface area (Å²) in [5.74, 6) is -0.00683. The van der Waals surface area contributed by atoms with E-state index in [1.54, 1.807) is 18.2 Å². The molecule has 0 saturated heterocycles. The van der Waals surface area contributed by atoms with Crippen LogP contribution in [-0.4, -0.2) is 29.9 Å². The van der Waals surface area contributed by atoms with Crippen LogP contribution in [0.15, 0.2) is 22.7 Å². The summed E-state index contributed by atoms with van der Waals surface area (Å²) >= 11 is 3.39. The first-order chi connectivity index (χ1) is 8.97. The molecule has 0 fully saturated rings. The molecule has 0 aliphatic heterocycles. The number of likely N-dealkylation sites (N-methyl/N-ethyl adjacent to an activating group) is 1. The summed E-state index contributed by atoms with van der Waals surface area (Å²) in [5, 5.41) is 2.90. The van der Waals surface area contributed by atoms with E-state index < -0.39 is 0 Å². The van der Waals surface area contributed by atoms with Crippen LogP contribution in [0.25, 0.3) is 0 Å². The van der Waals surface area contributed by atoms with Crippen LogP contribution in [0.5, 0.6) is 0 Å². The van der Waals surface area contributed by atoms with Gasteiger partial charge in [0, 0.05) is 16.2 Å². The molecule has 0 aromatic heterocycles. The number of amides is 1. The summed E-state index contributed by atoms with van der Waals surface area (Å²) in [4.78, 5) is 14.2. The molecule has 19 heavy (non-hydrogen) atoms. The van der Waals surface area contributed by atoms with Crippen LogP contribution in [-0.2, 0) is 4.79 Å². The molecule has 1 aromatic carbocycles. The zero-order valence-electron chi connectivity index (χ0n) is 11.7. The smallest absolute Gasteiger partial charge is 0.238 e. The standard InChI is InChI=1S/C14H22BrN3O/c1-4-10(3)18(5-2)9-14(19)17-13-7-6-11(16)8-12(13)15/h6-8,10H,4-5,9,16H2,1-3H3,(H,17,19). The molecule has 0 bridgehead atoms. The Bertz CT molecular complexity index is 437. The van der Waals surface area contributed by atoms with Crippen molar-refractivity contribution >= 4 is 33.2 Å². The molecule has 5 heteroatoms. The molecule has 3 N–H and O–H groups in total. The number of nitrogens with one attached hydrogen (secondary N) is 1. The van der Waals surface area contributed by atoms with Gasteiger partial charge in [-0.15, -0.1) is 0 Å². The molecule has 0 radical (unpaired) electrons. The van der Waals surface area contributed by atoms with Gasteiger partial charge in [-0.05, 0) is 54.0 Å². The number of benzene rings is 1. The summed E-state index contributed by atoms with van der Waals surface area (Å²) in [6.07, 6.45) is 1.03. The quantitative estimate of drug-likeness (QED) is 0.789. The summed E-state index contributed by atoms with van der Waals surface area (Å²) in [6, 6.07) is 5.76. The first-order valence-corrected chi connectivity index (χ1v) is 7.36. The maximum absolute atomic E-state index is 12.0. The fourth-order valence-electron chi connectivity index (χ4n) is 1.84. The van der Waals surface area contributed by atoms with Crippen molar-refractivity contribution in [2.45, 2.75) is 33.2 Å². The number of halogens is 1. The van der Waals surface area contributed by atoms with Gasteiger partial charge in [0.15, 0.2) is 0 Å². The number of hydrogen-bond donors (Lipinski definition) is 2. The Morgan fingerprint density at radius 2 is 2.16 bits per heavy atom. The highest BCUT2D eigenvalue weighted by Crippen LogP contribution is 2.24. The second-order valence-corrected chi connectivity index (χ2v) is 5.46. The van der Waals surface area contributed by atoms with E-state index >= 15 is 0 Å². The molecule has 0 aliphatic rings. The maximum atomic E-state index is 12.0. The van der Waals surface area contributed by atoms with E-state index in [-0.39, 0.29) is 5.91 Å². The third kappa shape index (κ3) is 4.84. The van der Waals surface area contributed by atoms with E-state index in [1.807, 2.05) is 0 Å². The number of rotatable bonds is 6. The summed E-state index contributed by atoms with van der Waals surface area (Å²) < 4.78 is 0.799. The Kier molecular flexibility index (Phi) is 6.31. The Morgan fingerprint density at radius 3 is 2.68 bits per heavy atom. The van der Waals surface area contributed by atoms with Crippen molar-refractivity contribution in [3.8, 4) is 0 Å². The van der Waals surface area contributed by atoms with Gasteiger partial charge in [0.1, 0.15) is 0 Å². The third-order valence-electron chi connectivity index (χ3n) is 3.23. The van der Waals surface area contributed by atoms with Gasteiger partial charge in [0.2, 0.25) is 5.91 Å². The molecule has 0 aliphatic carbocycles. The van der Waals surface area contributed by atoms with Gasteiger partial charge in [-0.1, -0.05) is 13.8 Å². The second kappa shape index (κ2) is 7.50. The van der Waals surface area contributed by atoms with Crippen LogP contribution < -0.4 is 11.1 Å². The molecule has 1 rings (SSSR count). The Morgan fingerprint density at radius 1 is 1.47 bits per heavy atom. The lowest BCUT2D eigenvalue weighted by Crippen LogP contribution is -2.39. The van der Waals surface area contributed by atoms with E-state index in [4.69, 9.17) is 5.73 Å². The minimum Gasteiger partial charge on any atom is -0.399 e. The Labute approximate surface area is 123 Å². The van der Waals surface area contributed by atoms with Gasteiger partial charge < -0.3 is 11.1 Å². The summed E-state index contributed by atoms with van der Waals surface area (Å²) in [5.41, 5.74) is 7.08. The molecular formula is C14H22BrN3O. The molecule has 1 aromatic rings. The predicted molar refractivity (Wildman–Crippen MR) is 84.2 cm³/mol. The number of nitrogens with zero attached hydrogens (tertiary/aromatic N) is 1. The van der Waals surface area contributed by atoms with Gasteiger partial charge >= 0.3 is 0 Å². The minimum absolute atomic E-state index is 0.00683. The van der Waals surface area contributed by atoms with Gasteiger partial charge in [-0.3, -0.25) is 9.69 Å². The lowest BCUT2D eigenvalue weighted by atomic mass is 10.2. The van der Waals surface area contributed by atoms with Crippen LogP contribution in [0.1, 0.15) is 27.2 Å². The van der Waals surface area contributed by atoms with E-state index in [9.17, 15) is 4.79 Å². The van der Waals surface area contributed by atoms with Crippen molar-refractivity contribution in [2.75, 3.05) is 24.1 Å². The molecule has 1 atom stereocenters. The first kappa shape index (κ1) is 16.0. The van der Waals surface area contributed by atoms with Crippen molar-refractivity contribution in [1.82, 2.24) is 4.90 Å². The molecule has 4 nitrogen and oxygen atoms in total. The molecule has 1 unspecified atom stereocenters. The normalized spacial score (nSPS) is 12.5. The Hall–Kier alpha value is -1.07. The van der Waals surface area contributed by atoms with E-state index in [0.717, 1.165) is 23.1 Å². The van der Waals surface area contributed by atoms with Crippen LogP contribution >= 0.6 is 15.9 Å². The highest BCUT2D eigenvalue weighted by Gasteiger charge is 2.14. The number of hydrogen-bond acceptors (Lipinski definition) is 3. The van der Waals surface area contributed by atoms with Crippen molar-refractivity contribution < 1.29 is 4.79 Å². The fraction of sp³-hybridized carbons (Fsp3) is 0.500. The van der Waals surface area contributed by atoms with Gasteiger partial charge in [-0.2, -0.15) is 0 Å². The number of nitrogens with two attached hydrogens (primary N) is 1. The number of carbonyl (C=O) groups is 1. The summed E-state index contributed by atoms with van der Waals surface area (Å²) in [6.45, 7) is 7.60. The highest BCUT2D eigenvalue weighted by molar-refractivity contribution is 9.10. The lowest BCUT2D eigenvalue weighted by molar-refractivity contribution is -0.117. The molecule has 106 valence electrons. The SMILES string of the molecule is CCC(C)N(CC)CC(=O)Nc1ccc(N)cc1Br. The largest absolute Gasteiger partial charge is 0.399 e. The van der Waals surface area contributed by atoms with E-state index in [1.165, 1.54) is 0 Å². The summed E-state index contributed by atoms with van der Waals surface area (Å²) in [7, 11) is 0. The monoisotopic (exact) mass is 327 g/mol. The Balaban J connectivity index is 2.64. The average Bonchev–Trinajstić information content (AvgIpc) is 2.38. The molecule has 1 amide bonds. The molecule has 0 saturated carbocycles. The van der Waals surface area contributed by atoms with Crippen molar-refractivity contribution in [3.63, 3.8) is 0 Å². The number of anilines is 2. The minimum atomic E-state index is -0.00683. The zero-order chi connectivity index (χ0) is 14.4. The average molecular weight is 328 g/mol. The lowest BCUT2D eigenvalue weighted by Gasteiger charge is -2.26.